The minimum absolute atomic E-state index is 0.0843. The molecule has 1 amide bonds. The van der Waals surface area contributed by atoms with Crippen LogP contribution in [-0.2, 0) is 0 Å². The van der Waals surface area contributed by atoms with Crippen LogP contribution in [0.3, 0.4) is 0 Å². The van der Waals surface area contributed by atoms with E-state index in [-0.39, 0.29) is 28.6 Å². The summed E-state index contributed by atoms with van der Waals surface area (Å²) in [6.07, 6.45) is 3.48. The largest absolute Gasteiger partial charge is 0.347 e. The molecule has 1 rings (SSSR count). The van der Waals surface area contributed by atoms with Crippen molar-refractivity contribution in [2.45, 2.75) is 32.7 Å². The Morgan fingerprint density at radius 2 is 2.17 bits per heavy atom. The van der Waals surface area contributed by atoms with Crippen molar-refractivity contribution >= 4 is 29.3 Å². The second-order valence-corrected chi connectivity index (χ2v) is 5.73. The summed E-state index contributed by atoms with van der Waals surface area (Å²) in [5.41, 5.74) is 0.253. The van der Waals surface area contributed by atoms with Crippen molar-refractivity contribution in [2.24, 2.45) is 0 Å². The lowest BCUT2D eigenvalue weighted by molar-refractivity contribution is 0.0938. The highest BCUT2D eigenvalue weighted by atomic mass is 35.5. The van der Waals surface area contributed by atoms with Crippen LogP contribution in [0.15, 0.2) is 6.20 Å². The lowest BCUT2D eigenvalue weighted by atomic mass is 10.2. The Morgan fingerprint density at radius 3 is 2.72 bits per heavy atom. The molecule has 18 heavy (non-hydrogen) atoms. The molecule has 0 saturated heterocycles. The molecule has 0 radical (unpaired) electrons. The van der Waals surface area contributed by atoms with Gasteiger partial charge >= 0.3 is 0 Å². The Bertz CT molecular complexity index is 426. The van der Waals surface area contributed by atoms with Crippen LogP contribution in [0, 0.1) is 0 Å². The topological polar surface area (TPSA) is 54.9 Å². The van der Waals surface area contributed by atoms with Crippen molar-refractivity contribution in [1.29, 1.82) is 0 Å². The number of halogens is 1. The van der Waals surface area contributed by atoms with Gasteiger partial charge in [0.2, 0.25) is 0 Å². The van der Waals surface area contributed by atoms with Crippen molar-refractivity contribution in [1.82, 2.24) is 15.3 Å². The number of nitrogens with one attached hydrogen (secondary N) is 1. The number of carbonyl (C=O) groups excluding carboxylic acids is 1. The van der Waals surface area contributed by atoms with E-state index in [1.807, 2.05) is 27.0 Å². The van der Waals surface area contributed by atoms with Gasteiger partial charge in [0, 0.05) is 17.7 Å². The molecular weight excluding hydrogens is 270 g/mol. The number of amides is 1. The van der Waals surface area contributed by atoms with Gasteiger partial charge in [0.05, 0.1) is 11.2 Å². The average molecular weight is 288 g/mol. The normalized spacial score (nSPS) is 12.6. The number of rotatable bonds is 5. The summed E-state index contributed by atoms with van der Waals surface area (Å²) in [6, 6.07) is 0.0843. The van der Waals surface area contributed by atoms with Gasteiger partial charge in [-0.05, 0) is 13.2 Å². The van der Waals surface area contributed by atoms with Crippen molar-refractivity contribution in [3.8, 4) is 0 Å². The first-order chi connectivity index (χ1) is 8.45. The van der Waals surface area contributed by atoms with Gasteiger partial charge < -0.3 is 5.32 Å². The Kier molecular flexibility index (Phi) is 5.88. The highest BCUT2D eigenvalue weighted by Crippen LogP contribution is 2.16. The summed E-state index contributed by atoms with van der Waals surface area (Å²) < 4.78 is 0. The second-order valence-electron chi connectivity index (χ2n) is 4.41. The van der Waals surface area contributed by atoms with Gasteiger partial charge in [0.25, 0.3) is 5.91 Å². The van der Waals surface area contributed by atoms with Gasteiger partial charge in [-0.2, -0.15) is 11.8 Å². The summed E-state index contributed by atoms with van der Waals surface area (Å²) in [6.45, 7) is 5.90. The van der Waals surface area contributed by atoms with E-state index in [4.69, 9.17) is 11.6 Å². The van der Waals surface area contributed by atoms with Gasteiger partial charge in [-0.25, -0.2) is 9.97 Å². The standard InChI is InChI=1S/C12H18ClN3OS/c1-7(2)11-14-5-9(13)10(16-11)12(17)15-8(3)6-18-4/h5,7-8H,6H2,1-4H3,(H,15,17). The lowest BCUT2D eigenvalue weighted by Gasteiger charge is -2.13. The molecule has 0 aliphatic rings. The zero-order chi connectivity index (χ0) is 13.7. The molecule has 1 heterocycles. The zero-order valence-corrected chi connectivity index (χ0v) is 12.6. The average Bonchev–Trinajstić information content (AvgIpc) is 2.29. The fraction of sp³-hybridized carbons (Fsp3) is 0.583. The van der Waals surface area contributed by atoms with Gasteiger partial charge in [0.1, 0.15) is 11.5 Å². The van der Waals surface area contributed by atoms with Gasteiger partial charge in [-0.1, -0.05) is 25.4 Å². The maximum absolute atomic E-state index is 12.0. The first-order valence-electron chi connectivity index (χ1n) is 5.78. The van der Waals surface area contributed by atoms with Crippen LogP contribution in [0.4, 0.5) is 0 Å². The summed E-state index contributed by atoms with van der Waals surface area (Å²) >= 11 is 7.64. The number of hydrogen-bond donors (Lipinski definition) is 1. The van der Waals surface area contributed by atoms with Gasteiger partial charge in [0.15, 0.2) is 0 Å². The van der Waals surface area contributed by atoms with Crippen molar-refractivity contribution in [3.63, 3.8) is 0 Å². The molecule has 0 aliphatic heterocycles. The van der Waals surface area contributed by atoms with Crippen LogP contribution in [0.5, 0.6) is 0 Å². The van der Waals surface area contributed by atoms with Crippen LogP contribution in [-0.4, -0.2) is 33.9 Å². The molecular formula is C12H18ClN3OS. The molecule has 0 aromatic carbocycles. The van der Waals surface area contributed by atoms with E-state index in [1.54, 1.807) is 11.8 Å². The van der Waals surface area contributed by atoms with Crippen molar-refractivity contribution in [2.75, 3.05) is 12.0 Å². The zero-order valence-electron chi connectivity index (χ0n) is 11.0. The predicted molar refractivity (Wildman–Crippen MR) is 76.4 cm³/mol. The van der Waals surface area contributed by atoms with E-state index < -0.39 is 0 Å². The smallest absolute Gasteiger partial charge is 0.271 e. The lowest BCUT2D eigenvalue weighted by Crippen LogP contribution is -2.35. The summed E-state index contributed by atoms with van der Waals surface area (Å²) in [4.78, 5) is 20.4. The number of aromatic nitrogens is 2. The van der Waals surface area contributed by atoms with E-state index in [0.717, 1.165) is 5.75 Å². The van der Waals surface area contributed by atoms with E-state index in [1.165, 1.54) is 6.20 Å². The second kappa shape index (κ2) is 6.95. The quantitative estimate of drug-likeness (QED) is 0.905. The molecule has 1 aromatic heterocycles. The highest BCUT2D eigenvalue weighted by molar-refractivity contribution is 7.98. The molecule has 0 spiro atoms. The molecule has 1 atom stereocenters. The third-order valence-electron chi connectivity index (χ3n) is 2.29. The monoisotopic (exact) mass is 287 g/mol. The Morgan fingerprint density at radius 1 is 1.50 bits per heavy atom. The van der Waals surface area contributed by atoms with Crippen LogP contribution in [0.2, 0.25) is 5.02 Å². The molecule has 100 valence electrons. The molecule has 6 heteroatoms. The molecule has 1 N–H and O–H groups in total. The first kappa shape index (κ1) is 15.2. The SMILES string of the molecule is CSCC(C)NC(=O)c1nc(C(C)C)ncc1Cl. The Hall–Kier alpha value is -0.810. The van der Waals surface area contributed by atoms with Crippen LogP contribution < -0.4 is 5.32 Å². The number of nitrogens with zero attached hydrogens (tertiary/aromatic N) is 2. The number of hydrogen-bond acceptors (Lipinski definition) is 4. The van der Waals surface area contributed by atoms with E-state index >= 15 is 0 Å². The minimum Gasteiger partial charge on any atom is -0.347 e. The maximum Gasteiger partial charge on any atom is 0.271 e. The Balaban J connectivity index is 2.87. The predicted octanol–water partition coefficient (Wildman–Crippen LogP) is 2.73. The van der Waals surface area contributed by atoms with E-state index in [0.29, 0.717) is 5.82 Å². The van der Waals surface area contributed by atoms with Crippen LogP contribution in [0.1, 0.15) is 43.0 Å². The molecule has 4 nitrogen and oxygen atoms in total. The molecule has 0 aliphatic carbocycles. The van der Waals surface area contributed by atoms with Crippen molar-refractivity contribution in [3.05, 3.63) is 22.7 Å². The molecule has 1 unspecified atom stereocenters. The summed E-state index contributed by atoms with van der Waals surface area (Å²) in [7, 11) is 0. The third kappa shape index (κ3) is 4.14. The van der Waals surface area contributed by atoms with Crippen LogP contribution >= 0.6 is 23.4 Å². The number of thioether (sulfide) groups is 1. The van der Waals surface area contributed by atoms with Crippen molar-refractivity contribution < 1.29 is 4.79 Å². The van der Waals surface area contributed by atoms with Gasteiger partial charge in [-0.15, -0.1) is 0 Å². The molecule has 0 saturated carbocycles. The molecule has 1 aromatic rings. The number of carbonyl (C=O) groups is 1. The third-order valence-corrected chi connectivity index (χ3v) is 3.40. The fourth-order valence-electron chi connectivity index (χ4n) is 1.40. The highest BCUT2D eigenvalue weighted by Gasteiger charge is 2.16. The Labute approximate surface area is 117 Å². The van der Waals surface area contributed by atoms with E-state index in [9.17, 15) is 4.79 Å². The summed E-state index contributed by atoms with van der Waals surface area (Å²) in [5.74, 6) is 1.40. The minimum atomic E-state index is -0.245. The van der Waals surface area contributed by atoms with E-state index in [2.05, 4.69) is 15.3 Å². The van der Waals surface area contributed by atoms with Gasteiger partial charge in [-0.3, -0.25) is 4.79 Å². The summed E-state index contributed by atoms with van der Waals surface area (Å²) in [5, 5.41) is 3.15. The first-order valence-corrected chi connectivity index (χ1v) is 7.55. The fourth-order valence-corrected chi connectivity index (χ4v) is 2.16. The maximum atomic E-state index is 12.0. The molecule has 0 bridgehead atoms. The van der Waals surface area contributed by atoms with Crippen LogP contribution in [0.25, 0.3) is 0 Å². The molecule has 0 fully saturated rings.